The second kappa shape index (κ2) is 7.39. The number of halogens is 2. The Kier molecular flexibility index (Phi) is 4.74. The SMILES string of the molecule is CC(Oc1cc2cc(F)ccc2nc1N)c1nc(C(=O)O)c(F)cc1-n1cccn1. The molecule has 3 N–H and O–H groups in total. The van der Waals surface area contributed by atoms with Crippen molar-refractivity contribution in [3.8, 4) is 11.4 Å². The zero-order valence-corrected chi connectivity index (χ0v) is 15.6. The fourth-order valence-corrected chi connectivity index (χ4v) is 3.02. The number of anilines is 1. The van der Waals surface area contributed by atoms with Crippen molar-refractivity contribution >= 4 is 22.7 Å². The maximum absolute atomic E-state index is 14.2. The largest absolute Gasteiger partial charge is 0.480 e. The molecule has 3 heterocycles. The van der Waals surface area contributed by atoms with Gasteiger partial charge in [0.15, 0.2) is 23.1 Å². The van der Waals surface area contributed by atoms with Crippen LogP contribution < -0.4 is 10.5 Å². The normalized spacial score (nSPS) is 12.1. The zero-order valence-electron chi connectivity index (χ0n) is 15.6. The van der Waals surface area contributed by atoms with E-state index in [1.54, 1.807) is 19.2 Å². The summed E-state index contributed by atoms with van der Waals surface area (Å²) in [5.41, 5.74) is 6.03. The van der Waals surface area contributed by atoms with Crippen LogP contribution in [0.1, 0.15) is 29.2 Å². The average Bonchev–Trinajstić information content (AvgIpc) is 3.23. The minimum atomic E-state index is -1.52. The molecule has 0 amide bonds. The van der Waals surface area contributed by atoms with E-state index < -0.39 is 29.4 Å². The standard InChI is InChI=1S/C20H15F2N5O3/c1-10(30-16-8-11-7-12(21)3-4-14(11)25-19(16)23)17-15(27-6-2-5-24-27)9-13(22)18(26-17)20(28)29/h2-10H,1H3,(H2,23,25)(H,28,29). The van der Waals surface area contributed by atoms with Gasteiger partial charge in [0.25, 0.3) is 0 Å². The van der Waals surface area contributed by atoms with Crippen LogP contribution in [0.2, 0.25) is 0 Å². The monoisotopic (exact) mass is 411 g/mol. The Morgan fingerprint density at radius 2 is 2.03 bits per heavy atom. The summed E-state index contributed by atoms with van der Waals surface area (Å²) in [7, 11) is 0. The summed E-state index contributed by atoms with van der Waals surface area (Å²) in [6, 6.07) is 8.21. The van der Waals surface area contributed by atoms with Crippen LogP contribution >= 0.6 is 0 Å². The third-order valence-corrected chi connectivity index (χ3v) is 4.40. The number of pyridine rings is 2. The summed E-state index contributed by atoms with van der Waals surface area (Å²) in [4.78, 5) is 19.5. The molecule has 10 heteroatoms. The summed E-state index contributed by atoms with van der Waals surface area (Å²) in [5, 5.41) is 13.8. The molecule has 152 valence electrons. The number of carbonyl (C=O) groups is 1. The van der Waals surface area contributed by atoms with Crippen molar-refractivity contribution in [3.63, 3.8) is 0 Å². The number of hydrogen-bond donors (Lipinski definition) is 2. The van der Waals surface area contributed by atoms with Gasteiger partial charge in [0.05, 0.1) is 11.2 Å². The number of rotatable bonds is 5. The van der Waals surface area contributed by atoms with Gasteiger partial charge in [-0.05, 0) is 37.3 Å². The van der Waals surface area contributed by atoms with Crippen LogP contribution in [-0.2, 0) is 0 Å². The first-order valence-corrected chi connectivity index (χ1v) is 8.79. The lowest BCUT2D eigenvalue weighted by Crippen LogP contribution is -2.16. The second-order valence-corrected chi connectivity index (χ2v) is 6.45. The zero-order chi connectivity index (χ0) is 21.4. The molecule has 4 aromatic rings. The van der Waals surface area contributed by atoms with Crippen LogP contribution in [0.3, 0.4) is 0 Å². The van der Waals surface area contributed by atoms with E-state index in [9.17, 15) is 18.7 Å². The molecule has 8 nitrogen and oxygen atoms in total. The maximum Gasteiger partial charge on any atom is 0.357 e. The molecule has 1 unspecified atom stereocenters. The Balaban J connectivity index is 1.78. The highest BCUT2D eigenvalue weighted by atomic mass is 19.1. The molecule has 1 atom stereocenters. The Hall–Kier alpha value is -4.08. The molecular weight excluding hydrogens is 396 g/mol. The molecule has 0 fully saturated rings. The van der Waals surface area contributed by atoms with E-state index in [0.29, 0.717) is 10.9 Å². The van der Waals surface area contributed by atoms with Crippen LogP contribution in [-0.4, -0.2) is 30.8 Å². The highest BCUT2D eigenvalue weighted by Crippen LogP contribution is 2.31. The van der Waals surface area contributed by atoms with Gasteiger partial charge in [-0.3, -0.25) is 0 Å². The van der Waals surface area contributed by atoms with Gasteiger partial charge in [-0.1, -0.05) is 0 Å². The summed E-state index contributed by atoms with van der Waals surface area (Å²) in [6.45, 7) is 1.59. The van der Waals surface area contributed by atoms with Gasteiger partial charge in [0, 0.05) is 23.8 Å². The molecule has 30 heavy (non-hydrogen) atoms. The second-order valence-electron chi connectivity index (χ2n) is 6.45. The fourth-order valence-electron chi connectivity index (χ4n) is 3.02. The van der Waals surface area contributed by atoms with Crippen molar-refractivity contribution in [2.45, 2.75) is 13.0 Å². The van der Waals surface area contributed by atoms with E-state index in [0.717, 1.165) is 6.07 Å². The predicted octanol–water partition coefficient (Wildman–Crippen LogP) is 3.51. The van der Waals surface area contributed by atoms with Crippen LogP contribution in [0.15, 0.2) is 48.8 Å². The Labute approximate surface area is 168 Å². The van der Waals surface area contributed by atoms with Gasteiger partial charge in [-0.25, -0.2) is 28.2 Å². The van der Waals surface area contributed by atoms with Gasteiger partial charge in [-0.15, -0.1) is 0 Å². The molecule has 0 saturated carbocycles. The summed E-state index contributed by atoms with van der Waals surface area (Å²) < 4.78 is 35.0. The van der Waals surface area contributed by atoms with Crippen LogP contribution in [0, 0.1) is 11.6 Å². The molecule has 0 spiro atoms. The van der Waals surface area contributed by atoms with Crippen LogP contribution in [0.25, 0.3) is 16.6 Å². The molecule has 0 saturated heterocycles. The van der Waals surface area contributed by atoms with E-state index >= 15 is 0 Å². The number of benzene rings is 1. The van der Waals surface area contributed by atoms with Crippen molar-refractivity contribution in [1.29, 1.82) is 0 Å². The quantitative estimate of drug-likeness (QED) is 0.516. The van der Waals surface area contributed by atoms with Gasteiger partial charge in [0.2, 0.25) is 0 Å². The first kappa shape index (κ1) is 19.2. The lowest BCUT2D eigenvalue weighted by Gasteiger charge is -2.19. The first-order chi connectivity index (χ1) is 14.3. The molecule has 4 rings (SSSR count). The van der Waals surface area contributed by atoms with E-state index in [-0.39, 0.29) is 22.9 Å². The minimum absolute atomic E-state index is 0.0576. The van der Waals surface area contributed by atoms with E-state index in [1.807, 2.05) is 0 Å². The van der Waals surface area contributed by atoms with Gasteiger partial charge < -0.3 is 15.6 Å². The molecule has 1 aromatic carbocycles. The molecule has 0 radical (unpaired) electrons. The fraction of sp³-hybridized carbons (Fsp3) is 0.100. The van der Waals surface area contributed by atoms with Crippen molar-refractivity contribution < 1.29 is 23.4 Å². The average molecular weight is 411 g/mol. The maximum atomic E-state index is 14.2. The smallest absolute Gasteiger partial charge is 0.357 e. The number of nitrogens with two attached hydrogens (primary N) is 1. The van der Waals surface area contributed by atoms with Crippen molar-refractivity contribution in [1.82, 2.24) is 19.7 Å². The minimum Gasteiger partial charge on any atom is -0.480 e. The van der Waals surface area contributed by atoms with E-state index in [1.165, 1.54) is 35.1 Å². The Bertz CT molecular complexity index is 1260. The molecule has 0 bridgehead atoms. The highest BCUT2D eigenvalue weighted by molar-refractivity contribution is 5.86. The molecule has 0 aliphatic heterocycles. The summed E-state index contributed by atoms with van der Waals surface area (Å²) >= 11 is 0. The van der Waals surface area contributed by atoms with Gasteiger partial charge in [-0.2, -0.15) is 5.10 Å². The lowest BCUT2D eigenvalue weighted by molar-refractivity contribution is 0.0684. The van der Waals surface area contributed by atoms with Crippen molar-refractivity contribution in [2.75, 3.05) is 5.73 Å². The van der Waals surface area contributed by atoms with Gasteiger partial charge in [0.1, 0.15) is 17.6 Å². The van der Waals surface area contributed by atoms with Crippen molar-refractivity contribution in [3.05, 3.63) is 71.8 Å². The number of ether oxygens (including phenoxy) is 1. The Morgan fingerprint density at radius 3 is 2.73 bits per heavy atom. The predicted molar refractivity (Wildman–Crippen MR) is 103 cm³/mol. The Morgan fingerprint density at radius 1 is 1.23 bits per heavy atom. The topological polar surface area (TPSA) is 116 Å². The third-order valence-electron chi connectivity index (χ3n) is 4.40. The number of nitrogen functional groups attached to an aromatic ring is 1. The number of hydrogen-bond acceptors (Lipinski definition) is 6. The lowest BCUT2D eigenvalue weighted by atomic mass is 10.1. The van der Waals surface area contributed by atoms with Crippen molar-refractivity contribution in [2.24, 2.45) is 0 Å². The summed E-state index contributed by atoms with van der Waals surface area (Å²) in [5.74, 6) is -2.76. The van der Waals surface area contributed by atoms with E-state index in [2.05, 4.69) is 15.1 Å². The van der Waals surface area contributed by atoms with Crippen LogP contribution in [0.4, 0.5) is 14.6 Å². The molecule has 0 aliphatic carbocycles. The van der Waals surface area contributed by atoms with Gasteiger partial charge >= 0.3 is 5.97 Å². The number of fused-ring (bicyclic) bond motifs is 1. The van der Waals surface area contributed by atoms with E-state index in [4.69, 9.17) is 10.5 Å². The highest BCUT2D eigenvalue weighted by Gasteiger charge is 2.23. The molecular formula is C20H15F2N5O3. The number of nitrogens with zero attached hydrogens (tertiary/aromatic N) is 4. The third kappa shape index (κ3) is 3.50. The molecule has 0 aliphatic rings. The first-order valence-electron chi connectivity index (χ1n) is 8.79. The van der Waals surface area contributed by atoms with Crippen LogP contribution in [0.5, 0.6) is 5.75 Å². The molecule has 3 aromatic heterocycles. The number of aromatic nitrogens is 4. The number of carboxylic acid groups (broad SMARTS) is 1. The summed E-state index contributed by atoms with van der Waals surface area (Å²) in [6.07, 6.45) is 2.18. The number of carboxylic acids is 1. The number of aromatic carboxylic acids is 1.